The summed E-state index contributed by atoms with van der Waals surface area (Å²) in [5.74, 6) is -0.576. The van der Waals surface area contributed by atoms with Gasteiger partial charge in [-0.05, 0) is 42.8 Å². The third kappa shape index (κ3) is 5.46. The van der Waals surface area contributed by atoms with Gasteiger partial charge in [0, 0.05) is 11.3 Å². The Labute approximate surface area is 174 Å². The van der Waals surface area contributed by atoms with Gasteiger partial charge in [-0.3, -0.25) is 4.79 Å². The summed E-state index contributed by atoms with van der Waals surface area (Å²) in [5.41, 5.74) is 2.82. The maximum Gasteiger partial charge on any atom is 0.344 e. The maximum atomic E-state index is 12.2. The highest BCUT2D eigenvalue weighted by Gasteiger charge is 2.19. The van der Waals surface area contributed by atoms with Crippen LogP contribution in [0.3, 0.4) is 0 Å². The minimum atomic E-state index is -0.999. The number of hydrogen-bond acceptors (Lipinski definition) is 5. The summed E-state index contributed by atoms with van der Waals surface area (Å²) in [6, 6.07) is 25.5. The average Bonchev–Trinajstić information content (AvgIpc) is 2.79. The van der Waals surface area contributed by atoms with Gasteiger partial charge in [-0.25, -0.2) is 4.79 Å². The standard InChI is InChI=1S/C24H20N2O4/c1-17(24(28)26-20-13-11-18(15-25)12-14-20)30-23(27)16-29-22-10-6-5-9-21(22)19-7-3-2-4-8-19/h2-14,17H,16H2,1H3,(H,26,28)/t17-/m1/s1. The van der Waals surface area contributed by atoms with E-state index in [2.05, 4.69) is 5.32 Å². The first kappa shape index (κ1) is 20.6. The number of ether oxygens (including phenoxy) is 2. The summed E-state index contributed by atoms with van der Waals surface area (Å²) in [4.78, 5) is 24.4. The predicted octanol–water partition coefficient (Wildman–Crippen LogP) is 4.17. The number of benzene rings is 3. The average molecular weight is 400 g/mol. The van der Waals surface area contributed by atoms with E-state index in [1.165, 1.54) is 6.92 Å². The van der Waals surface area contributed by atoms with Crippen LogP contribution >= 0.6 is 0 Å². The van der Waals surface area contributed by atoms with Gasteiger partial charge in [0.05, 0.1) is 11.6 Å². The van der Waals surface area contributed by atoms with Crippen LogP contribution in [-0.4, -0.2) is 24.6 Å². The Balaban J connectivity index is 1.54. The summed E-state index contributed by atoms with van der Waals surface area (Å²) in [7, 11) is 0. The molecule has 1 atom stereocenters. The zero-order valence-electron chi connectivity index (χ0n) is 16.4. The number of nitrogens with one attached hydrogen (secondary N) is 1. The van der Waals surface area contributed by atoms with Gasteiger partial charge in [0.1, 0.15) is 5.75 Å². The van der Waals surface area contributed by atoms with Crippen molar-refractivity contribution in [3.05, 3.63) is 84.4 Å². The lowest BCUT2D eigenvalue weighted by Gasteiger charge is -2.15. The van der Waals surface area contributed by atoms with Crippen LogP contribution in [0, 0.1) is 11.3 Å². The van der Waals surface area contributed by atoms with Gasteiger partial charge in [-0.2, -0.15) is 5.26 Å². The zero-order chi connectivity index (χ0) is 21.3. The lowest BCUT2D eigenvalue weighted by Crippen LogP contribution is -2.31. The minimum absolute atomic E-state index is 0.321. The molecular formula is C24H20N2O4. The molecule has 3 aromatic carbocycles. The van der Waals surface area contributed by atoms with Crippen molar-refractivity contribution in [2.75, 3.05) is 11.9 Å². The van der Waals surface area contributed by atoms with Crippen molar-refractivity contribution >= 4 is 17.6 Å². The first-order chi connectivity index (χ1) is 14.6. The Hall–Kier alpha value is -4.11. The summed E-state index contributed by atoms with van der Waals surface area (Å²) in [6.45, 7) is 1.16. The lowest BCUT2D eigenvalue weighted by molar-refractivity contribution is -0.155. The number of rotatable bonds is 7. The smallest absolute Gasteiger partial charge is 0.344 e. The monoisotopic (exact) mass is 400 g/mol. The zero-order valence-corrected chi connectivity index (χ0v) is 16.4. The van der Waals surface area contributed by atoms with E-state index in [1.807, 2.05) is 54.6 Å². The fourth-order valence-electron chi connectivity index (χ4n) is 2.74. The molecular weight excluding hydrogens is 380 g/mol. The number of nitrogens with zero attached hydrogens (tertiary/aromatic N) is 1. The topological polar surface area (TPSA) is 88.4 Å². The number of esters is 1. The molecule has 0 radical (unpaired) electrons. The highest BCUT2D eigenvalue weighted by atomic mass is 16.6. The van der Waals surface area contributed by atoms with Crippen molar-refractivity contribution in [2.45, 2.75) is 13.0 Å². The van der Waals surface area contributed by atoms with Crippen LogP contribution in [0.2, 0.25) is 0 Å². The molecule has 30 heavy (non-hydrogen) atoms. The normalized spacial score (nSPS) is 11.1. The number of nitriles is 1. The Morgan fingerprint density at radius 1 is 0.967 bits per heavy atom. The molecule has 150 valence electrons. The lowest BCUT2D eigenvalue weighted by atomic mass is 10.1. The summed E-state index contributed by atoms with van der Waals surface area (Å²) < 4.78 is 10.8. The molecule has 0 aliphatic rings. The van der Waals surface area contributed by atoms with Gasteiger partial charge in [0.15, 0.2) is 12.7 Å². The van der Waals surface area contributed by atoms with Crippen LogP contribution in [0.5, 0.6) is 5.75 Å². The van der Waals surface area contributed by atoms with E-state index in [0.717, 1.165) is 11.1 Å². The number of hydrogen-bond donors (Lipinski definition) is 1. The van der Waals surface area contributed by atoms with Crippen molar-refractivity contribution in [3.63, 3.8) is 0 Å². The van der Waals surface area contributed by atoms with Gasteiger partial charge in [-0.15, -0.1) is 0 Å². The highest BCUT2D eigenvalue weighted by molar-refractivity contribution is 5.95. The van der Waals surface area contributed by atoms with E-state index in [9.17, 15) is 9.59 Å². The molecule has 3 rings (SSSR count). The van der Waals surface area contributed by atoms with E-state index in [-0.39, 0.29) is 6.61 Å². The third-order valence-corrected chi connectivity index (χ3v) is 4.28. The first-order valence-corrected chi connectivity index (χ1v) is 9.34. The number of carbonyl (C=O) groups excluding carboxylic acids is 2. The maximum absolute atomic E-state index is 12.2. The summed E-state index contributed by atoms with van der Waals surface area (Å²) in [6.07, 6.45) is -0.999. The van der Waals surface area contributed by atoms with Gasteiger partial charge in [-0.1, -0.05) is 48.5 Å². The van der Waals surface area contributed by atoms with Gasteiger partial charge < -0.3 is 14.8 Å². The van der Waals surface area contributed by atoms with Gasteiger partial charge in [0.2, 0.25) is 0 Å². The van der Waals surface area contributed by atoms with Crippen LogP contribution in [-0.2, 0) is 14.3 Å². The van der Waals surface area contributed by atoms with E-state index in [0.29, 0.717) is 17.0 Å². The third-order valence-electron chi connectivity index (χ3n) is 4.28. The molecule has 0 heterocycles. The number of anilines is 1. The first-order valence-electron chi connectivity index (χ1n) is 9.34. The van der Waals surface area contributed by atoms with Crippen molar-refractivity contribution in [2.24, 2.45) is 0 Å². The van der Waals surface area contributed by atoms with Crippen molar-refractivity contribution in [3.8, 4) is 22.9 Å². The molecule has 6 heteroatoms. The van der Waals surface area contributed by atoms with Crippen LogP contribution < -0.4 is 10.1 Å². The molecule has 0 bridgehead atoms. The number of amides is 1. The van der Waals surface area contributed by atoms with E-state index in [4.69, 9.17) is 14.7 Å². The van der Waals surface area contributed by atoms with Crippen LogP contribution in [0.25, 0.3) is 11.1 Å². The SMILES string of the molecule is C[C@@H](OC(=O)COc1ccccc1-c1ccccc1)C(=O)Nc1ccc(C#N)cc1. The van der Waals surface area contributed by atoms with E-state index in [1.54, 1.807) is 30.3 Å². The molecule has 0 fully saturated rings. The molecule has 1 N–H and O–H groups in total. The van der Waals surface area contributed by atoms with Gasteiger partial charge in [0.25, 0.3) is 5.91 Å². The highest BCUT2D eigenvalue weighted by Crippen LogP contribution is 2.29. The molecule has 6 nitrogen and oxygen atoms in total. The van der Waals surface area contributed by atoms with E-state index < -0.39 is 18.0 Å². The van der Waals surface area contributed by atoms with E-state index >= 15 is 0 Å². The number of carbonyl (C=O) groups is 2. The molecule has 0 spiro atoms. The van der Waals surface area contributed by atoms with Gasteiger partial charge >= 0.3 is 5.97 Å². The minimum Gasteiger partial charge on any atom is -0.481 e. The fourth-order valence-corrected chi connectivity index (χ4v) is 2.74. The fraction of sp³-hybridized carbons (Fsp3) is 0.125. The molecule has 0 aliphatic carbocycles. The second kappa shape index (κ2) is 9.89. The number of para-hydroxylation sites is 1. The molecule has 1 amide bonds. The predicted molar refractivity (Wildman–Crippen MR) is 113 cm³/mol. The van der Waals surface area contributed by atoms with Crippen LogP contribution in [0.4, 0.5) is 5.69 Å². The van der Waals surface area contributed by atoms with Crippen molar-refractivity contribution in [1.82, 2.24) is 0 Å². The Bertz CT molecular complexity index is 1060. The van der Waals surface area contributed by atoms with Crippen molar-refractivity contribution in [1.29, 1.82) is 5.26 Å². The molecule has 0 saturated carbocycles. The Morgan fingerprint density at radius 3 is 2.33 bits per heavy atom. The van der Waals surface area contributed by atoms with Crippen LogP contribution in [0.15, 0.2) is 78.9 Å². The Morgan fingerprint density at radius 2 is 1.63 bits per heavy atom. The van der Waals surface area contributed by atoms with Crippen molar-refractivity contribution < 1.29 is 19.1 Å². The molecule has 0 unspecified atom stereocenters. The molecule has 0 saturated heterocycles. The molecule has 3 aromatic rings. The second-order valence-electron chi connectivity index (χ2n) is 6.46. The largest absolute Gasteiger partial charge is 0.481 e. The summed E-state index contributed by atoms with van der Waals surface area (Å²) >= 11 is 0. The van der Waals surface area contributed by atoms with Crippen LogP contribution in [0.1, 0.15) is 12.5 Å². The molecule has 0 aromatic heterocycles. The second-order valence-corrected chi connectivity index (χ2v) is 6.46. The quantitative estimate of drug-likeness (QED) is 0.601. The molecule has 0 aliphatic heterocycles. The summed E-state index contributed by atoms with van der Waals surface area (Å²) in [5, 5.41) is 11.4. The Kier molecular flexibility index (Phi) is 6.80.